The molecule has 1 saturated carbocycles. The Hall–Kier alpha value is -0.570. The molecule has 0 radical (unpaired) electrons. The van der Waals surface area contributed by atoms with Crippen molar-refractivity contribution in [2.75, 3.05) is 13.6 Å². The van der Waals surface area contributed by atoms with Crippen molar-refractivity contribution in [2.24, 2.45) is 5.73 Å². The van der Waals surface area contributed by atoms with Crippen molar-refractivity contribution in [3.05, 3.63) is 0 Å². The number of amides is 1. The molecule has 1 aliphatic rings. The molecule has 2 N–H and O–H groups in total. The smallest absolute Gasteiger partial charge is 0.223 e. The van der Waals surface area contributed by atoms with E-state index in [1.807, 2.05) is 11.9 Å². The number of carbonyl (C=O) groups is 1. The molecule has 0 aromatic heterocycles. The summed E-state index contributed by atoms with van der Waals surface area (Å²) >= 11 is 0. The molecule has 3 heteroatoms. The standard InChI is InChI=1S/C11H22N2O/c1-13(11(14)8-9-12)10-6-4-2-3-5-7-10/h10H,2-9,12H2,1H3. The van der Waals surface area contributed by atoms with Crippen molar-refractivity contribution < 1.29 is 4.79 Å². The summed E-state index contributed by atoms with van der Waals surface area (Å²) in [5.41, 5.74) is 5.38. The van der Waals surface area contributed by atoms with E-state index in [4.69, 9.17) is 5.73 Å². The Morgan fingerprint density at radius 2 is 1.86 bits per heavy atom. The highest BCUT2D eigenvalue weighted by Crippen LogP contribution is 2.21. The summed E-state index contributed by atoms with van der Waals surface area (Å²) in [4.78, 5) is 13.5. The summed E-state index contributed by atoms with van der Waals surface area (Å²) < 4.78 is 0. The van der Waals surface area contributed by atoms with Crippen molar-refractivity contribution >= 4 is 5.91 Å². The van der Waals surface area contributed by atoms with Gasteiger partial charge in [0.2, 0.25) is 5.91 Å². The maximum absolute atomic E-state index is 11.6. The van der Waals surface area contributed by atoms with Gasteiger partial charge in [-0.2, -0.15) is 0 Å². The van der Waals surface area contributed by atoms with Crippen LogP contribution in [0.4, 0.5) is 0 Å². The fraction of sp³-hybridized carbons (Fsp3) is 0.909. The number of carbonyl (C=O) groups excluding carboxylic acids is 1. The van der Waals surface area contributed by atoms with Gasteiger partial charge in [0.05, 0.1) is 0 Å². The van der Waals surface area contributed by atoms with Gasteiger partial charge in [-0.25, -0.2) is 0 Å². The molecule has 0 spiro atoms. The van der Waals surface area contributed by atoms with Crippen LogP contribution in [0.2, 0.25) is 0 Å². The van der Waals surface area contributed by atoms with E-state index in [9.17, 15) is 4.79 Å². The maximum Gasteiger partial charge on any atom is 0.223 e. The molecule has 1 aliphatic carbocycles. The molecule has 0 heterocycles. The maximum atomic E-state index is 11.6. The fourth-order valence-corrected chi connectivity index (χ4v) is 2.15. The van der Waals surface area contributed by atoms with Crippen molar-refractivity contribution in [1.29, 1.82) is 0 Å². The van der Waals surface area contributed by atoms with E-state index >= 15 is 0 Å². The third-order valence-electron chi connectivity index (χ3n) is 3.12. The quantitative estimate of drug-likeness (QED) is 0.699. The van der Waals surface area contributed by atoms with Gasteiger partial charge >= 0.3 is 0 Å². The van der Waals surface area contributed by atoms with Gasteiger partial charge in [-0.1, -0.05) is 25.7 Å². The van der Waals surface area contributed by atoms with Crippen LogP contribution >= 0.6 is 0 Å². The molecule has 14 heavy (non-hydrogen) atoms. The highest BCUT2D eigenvalue weighted by atomic mass is 16.2. The monoisotopic (exact) mass is 198 g/mol. The Balaban J connectivity index is 2.40. The van der Waals surface area contributed by atoms with Gasteiger partial charge in [0, 0.05) is 26.1 Å². The molecule has 0 aromatic carbocycles. The minimum absolute atomic E-state index is 0.208. The van der Waals surface area contributed by atoms with Crippen LogP contribution in [-0.4, -0.2) is 30.4 Å². The van der Waals surface area contributed by atoms with Crippen LogP contribution in [-0.2, 0) is 4.79 Å². The van der Waals surface area contributed by atoms with Crippen molar-refractivity contribution in [2.45, 2.75) is 51.0 Å². The number of nitrogens with zero attached hydrogens (tertiary/aromatic N) is 1. The van der Waals surface area contributed by atoms with Crippen LogP contribution in [0.15, 0.2) is 0 Å². The first-order chi connectivity index (χ1) is 6.75. The highest BCUT2D eigenvalue weighted by Gasteiger charge is 2.20. The molecule has 0 aliphatic heterocycles. The van der Waals surface area contributed by atoms with E-state index in [1.165, 1.54) is 38.5 Å². The van der Waals surface area contributed by atoms with Gasteiger partial charge in [-0.3, -0.25) is 4.79 Å². The lowest BCUT2D eigenvalue weighted by atomic mass is 10.1. The van der Waals surface area contributed by atoms with E-state index in [0.29, 0.717) is 19.0 Å². The molecule has 1 fully saturated rings. The Labute approximate surface area is 86.6 Å². The highest BCUT2D eigenvalue weighted by molar-refractivity contribution is 5.76. The third-order valence-corrected chi connectivity index (χ3v) is 3.12. The molecule has 0 aromatic rings. The zero-order chi connectivity index (χ0) is 10.4. The normalized spacial score (nSPS) is 19.0. The summed E-state index contributed by atoms with van der Waals surface area (Å²) in [5.74, 6) is 0.208. The molecule has 0 saturated heterocycles. The van der Waals surface area contributed by atoms with Crippen molar-refractivity contribution in [3.8, 4) is 0 Å². The second kappa shape index (κ2) is 6.02. The van der Waals surface area contributed by atoms with E-state index in [0.717, 1.165) is 0 Å². The summed E-state index contributed by atoms with van der Waals surface area (Å²) in [6.45, 7) is 0.468. The molecule has 1 rings (SSSR count). The van der Waals surface area contributed by atoms with E-state index in [1.54, 1.807) is 0 Å². The molecule has 82 valence electrons. The first-order valence-corrected chi connectivity index (χ1v) is 5.71. The topological polar surface area (TPSA) is 46.3 Å². The third kappa shape index (κ3) is 3.29. The minimum atomic E-state index is 0.208. The van der Waals surface area contributed by atoms with Gasteiger partial charge in [0.25, 0.3) is 0 Å². The van der Waals surface area contributed by atoms with E-state index in [2.05, 4.69) is 0 Å². The number of hydrogen-bond donors (Lipinski definition) is 1. The van der Waals surface area contributed by atoms with Crippen LogP contribution in [0.5, 0.6) is 0 Å². The Bertz CT molecular complexity index is 174. The van der Waals surface area contributed by atoms with Crippen molar-refractivity contribution in [1.82, 2.24) is 4.90 Å². The Morgan fingerprint density at radius 3 is 2.36 bits per heavy atom. The summed E-state index contributed by atoms with van der Waals surface area (Å²) in [7, 11) is 1.92. The van der Waals surface area contributed by atoms with E-state index < -0.39 is 0 Å². The predicted octanol–water partition coefficient (Wildman–Crippen LogP) is 1.52. The zero-order valence-corrected chi connectivity index (χ0v) is 9.17. The SMILES string of the molecule is CN(C(=O)CCN)C1CCCCCC1. The molecule has 0 unspecified atom stereocenters. The molecule has 0 atom stereocenters. The second-order valence-electron chi connectivity index (χ2n) is 4.19. The lowest BCUT2D eigenvalue weighted by Crippen LogP contribution is -2.37. The zero-order valence-electron chi connectivity index (χ0n) is 9.17. The van der Waals surface area contributed by atoms with Gasteiger partial charge in [-0.15, -0.1) is 0 Å². The molecular formula is C11H22N2O. The molecule has 0 bridgehead atoms. The fourth-order valence-electron chi connectivity index (χ4n) is 2.15. The van der Waals surface area contributed by atoms with Crippen LogP contribution in [0.25, 0.3) is 0 Å². The van der Waals surface area contributed by atoms with Crippen LogP contribution in [0.1, 0.15) is 44.9 Å². The molecular weight excluding hydrogens is 176 g/mol. The first kappa shape index (κ1) is 11.5. The Morgan fingerprint density at radius 1 is 1.29 bits per heavy atom. The largest absolute Gasteiger partial charge is 0.343 e. The first-order valence-electron chi connectivity index (χ1n) is 5.71. The van der Waals surface area contributed by atoms with E-state index in [-0.39, 0.29) is 5.91 Å². The molecule has 3 nitrogen and oxygen atoms in total. The number of nitrogens with two attached hydrogens (primary N) is 1. The average Bonchev–Trinajstić information content (AvgIpc) is 2.45. The summed E-state index contributed by atoms with van der Waals surface area (Å²) in [6, 6.07) is 0.469. The van der Waals surface area contributed by atoms with Crippen LogP contribution < -0.4 is 5.73 Å². The predicted molar refractivity (Wildman–Crippen MR) is 57.9 cm³/mol. The number of rotatable bonds is 3. The average molecular weight is 198 g/mol. The van der Waals surface area contributed by atoms with Gasteiger partial charge < -0.3 is 10.6 Å². The van der Waals surface area contributed by atoms with Crippen molar-refractivity contribution in [3.63, 3.8) is 0 Å². The lowest BCUT2D eigenvalue weighted by molar-refractivity contribution is -0.132. The molecule has 1 amide bonds. The van der Waals surface area contributed by atoms with Gasteiger partial charge in [0.15, 0.2) is 0 Å². The minimum Gasteiger partial charge on any atom is -0.343 e. The second-order valence-corrected chi connectivity index (χ2v) is 4.19. The lowest BCUT2D eigenvalue weighted by Gasteiger charge is -2.27. The summed E-state index contributed by atoms with van der Waals surface area (Å²) in [5, 5.41) is 0. The number of hydrogen-bond acceptors (Lipinski definition) is 2. The summed E-state index contributed by atoms with van der Waals surface area (Å²) in [6.07, 6.45) is 8.04. The van der Waals surface area contributed by atoms with Gasteiger partial charge in [-0.05, 0) is 12.8 Å². The Kier molecular flexibility index (Phi) is 4.94. The van der Waals surface area contributed by atoms with Crippen LogP contribution in [0.3, 0.4) is 0 Å². The van der Waals surface area contributed by atoms with Gasteiger partial charge in [0.1, 0.15) is 0 Å². The van der Waals surface area contributed by atoms with Crippen LogP contribution in [0, 0.1) is 0 Å².